The summed E-state index contributed by atoms with van der Waals surface area (Å²) in [5.74, 6) is -0.194. The number of nitrogens with zero attached hydrogens (tertiary/aromatic N) is 3. The summed E-state index contributed by atoms with van der Waals surface area (Å²) in [6, 6.07) is 5.83. The first-order chi connectivity index (χ1) is 14.8. The quantitative estimate of drug-likeness (QED) is 0.385. The maximum atomic E-state index is 13.2. The van der Waals surface area contributed by atoms with Crippen molar-refractivity contribution in [3.8, 4) is 0 Å². The minimum absolute atomic E-state index is 0.0873. The second kappa shape index (κ2) is 9.35. The summed E-state index contributed by atoms with van der Waals surface area (Å²) in [5.41, 5.74) is 2.16. The van der Waals surface area contributed by atoms with E-state index >= 15 is 0 Å². The van der Waals surface area contributed by atoms with Crippen LogP contribution in [-0.2, 0) is 10.3 Å². The number of carbonyl (C=O) groups is 2. The highest BCUT2D eigenvalue weighted by Gasteiger charge is 2.46. The number of urea groups is 1. The molecular formula is C24H30ClN3O3. The molecule has 1 aliphatic carbocycles. The van der Waals surface area contributed by atoms with Crippen LogP contribution < -0.4 is 0 Å². The highest BCUT2D eigenvalue weighted by atomic mass is 35.5. The van der Waals surface area contributed by atoms with Gasteiger partial charge in [-0.15, -0.1) is 11.5 Å². The molecule has 0 spiro atoms. The Labute approximate surface area is 188 Å². The van der Waals surface area contributed by atoms with Crippen molar-refractivity contribution in [2.24, 2.45) is 11.1 Å². The topological polar surface area (TPSA) is 70.0 Å². The lowest BCUT2D eigenvalue weighted by Crippen LogP contribution is -2.56. The zero-order valence-corrected chi connectivity index (χ0v) is 19.2. The summed E-state index contributed by atoms with van der Waals surface area (Å²) in [4.78, 5) is 38.1. The van der Waals surface area contributed by atoms with E-state index in [2.05, 4.69) is 37.7 Å². The van der Waals surface area contributed by atoms with Crippen LogP contribution in [0.2, 0.25) is 5.02 Å². The number of likely N-dealkylation sites (N-methyl/N-ethyl adjacent to an activating group) is 1. The molecule has 1 atom stereocenters. The Hall–Kier alpha value is -2.47. The maximum Gasteiger partial charge on any atom is 0.325 e. The molecule has 6 nitrogen and oxygen atoms in total. The largest absolute Gasteiger partial charge is 0.325 e. The Morgan fingerprint density at radius 3 is 2.58 bits per heavy atom. The van der Waals surface area contributed by atoms with Gasteiger partial charge < -0.3 is 9.80 Å². The number of hydrogen-bond donors (Lipinski definition) is 0. The highest BCUT2D eigenvalue weighted by molar-refractivity contribution is 6.31. The van der Waals surface area contributed by atoms with Crippen molar-refractivity contribution in [2.45, 2.75) is 57.4 Å². The van der Waals surface area contributed by atoms with Gasteiger partial charge in [-0.2, -0.15) is 0 Å². The summed E-state index contributed by atoms with van der Waals surface area (Å²) in [6.45, 7) is 8.29. The minimum Gasteiger partial charge on any atom is -0.310 e. The fourth-order valence-corrected chi connectivity index (χ4v) is 5.27. The second-order valence-corrected chi connectivity index (χ2v) is 9.10. The molecule has 0 N–H and O–H groups in total. The van der Waals surface area contributed by atoms with Gasteiger partial charge in [0.25, 0.3) is 5.91 Å². The van der Waals surface area contributed by atoms with Gasteiger partial charge in [0.05, 0.1) is 6.42 Å². The standard InChI is InChI=1S/C24H30ClN3O3/c1-5-24(18-10-11-19(21(25)14-18)17-8-6-7-9-17)20(16(2)3)15-28(23(30)27(24)4)13-12-22(29)26-31/h5,10-11,14-17H,1,6-9,12-13H2,2-4H3/t24-/m0/s1. The molecule has 3 amide bonds. The Balaban J connectivity index is 2.05. The molecular weight excluding hydrogens is 414 g/mol. The molecule has 0 bridgehead atoms. The van der Waals surface area contributed by atoms with Gasteiger partial charge in [-0.25, -0.2) is 4.79 Å². The van der Waals surface area contributed by atoms with Gasteiger partial charge in [0.2, 0.25) is 0 Å². The molecule has 0 unspecified atom stereocenters. The van der Waals surface area contributed by atoms with E-state index < -0.39 is 11.4 Å². The van der Waals surface area contributed by atoms with Crippen molar-refractivity contribution < 1.29 is 9.59 Å². The average Bonchev–Trinajstić information content (AvgIpc) is 3.28. The summed E-state index contributed by atoms with van der Waals surface area (Å²) in [7, 11) is 1.73. The van der Waals surface area contributed by atoms with Crippen molar-refractivity contribution in [2.75, 3.05) is 13.6 Å². The molecule has 0 saturated heterocycles. The second-order valence-electron chi connectivity index (χ2n) is 8.70. The number of amides is 3. The van der Waals surface area contributed by atoms with Crippen molar-refractivity contribution in [3.05, 3.63) is 63.7 Å². The van der Waals surface area contributed by atoms with Crippen LogP contribution >= 0.6 is 11.6 Å². The van der Waals surface area contributed by atoms with Gasteiger partial charge in [-0.05, 0) is 47.4 Å². The van der Waals surface area contributed by atoms with Crippen LogP contribution in [0.4, 0.5) is 4.79 Å². The minimum atomic E-state index is -0.855. The Bertz CT molecular complexity index is 921. The average molecular weight is 444 g/mol. The van der Waals surface area contributed by atoms with Gasteiger partial charge in [0.1, 0.15) is 5.54 Å². The SMILES string of the molecule is C=C[C@]1(c2ccc(C3CCCC3)c(Cl)c2)C(C(C)C)=CN(CCC(=O)N=O)C(=O)N1C. The van der Waals surface area contributed by atoms with E-state index in [1.807, 2.05) is 6.07 Å². The van der Waals surface area contributed by atoms with E-state index in [-0.39, 0.29) is 24.9 Å². The van der Waals surface area contributed by atoms with E-state index in [0.717, 1.165) is 29.0 Å². The lowest BCUT2D eigenvalue weighted by Gasteiger charge is -2.48. The van der Waals surface area contributed by atoms with E-state index in [4.69, 9.17) is 11.6 Å². The molecule has 0 radical (unpaired) electrons. The first-order valence-electron chi connectivity index (χ1n) is 10.8. The monoisotopic (exact) mass is 443 g/mol. The van der Waals surface area contributed by atoms with E-state index in [0.29, 0.717) is 5.92 Å². The van der Waals surface area contributed by atoms with E-state index in [9.17, 15) is 14.5 Å². The number of rotatable bonds is 7. The van der Waals surface area contributed by atoms with E-state index in [1.165, 1.54) is 23.3 Å². The highest BCUT2D eigenvalue weighted by Crippen LogP contribution is 2.46. The van der Waals surface area contributed by atoms with Crippen molar-refractivity contribution in [1.82, 2.24) is 9.80 Å². The van der Waals surface area contributed by atoms with Crippen LogP contribution in [0.1, 0.15) is 63.0 Å². The summed E-state index contributed by atoms with van der Waals surface area (Å²) >= 11 is 6.74. The molecule has 0 aromatic heterocycles. The van der Waals surface area contributed by atoms with Crippen molar-refractivity contribution in [1.29, 1.82) is 0 Å². The molecule has 1 aliphatic heterocycles. The van der Waals surface area contributed by atoms with Gasteiger partial charge in [-0.3, -0.25) is 4.79 Å². The van der Waals surface area contributed by atoms with Crippen LogP contribution in [0.25, 0.3) is 0 Å². The van der Waals surface area contributed by atoms with Crippen molar-refractivity contribution in [3.63, 3.8) is 0 Å². The zero-order valence-electron chi connectivity index (χ0n) is 18.4. The first kappa shape index (κ1) is 23.2. The molecule has 1 fully saturated rings. The van der Waals surface area contributed by atoms with Gasteiger partial charge in [0.15, 0.2) is 0 Å². The summed E-state index contributed by atoms with van der Waals surface area (Å²) in [5, 5.41) is 3.14. The molecule has 1 aromatic rings. The number of carbonyl (C=O) groups excluding carboxylic acids is 2. The number of hydrogen-bond acceptors (Lipinski definition) is 3. The third-order valence-electron chi connectivity index (χ3n) is 6.62. The van der Waals surface area contributed by atoms with Crippen molar-refractivity contribution >= 4 is 23.5 Å². The fraction of sp³-hybridized carbons (Fsp3) is 0.500. The molecule has 1 aromatic carbocycles. The fourth-order valence-electron chi connectivity index (χ4n) is 4.93. The third kappa shape index (κ3) is 4.18. The smallest absolute Gasteiger partial charge is 0.310 e. The van der Waals surface area contributed by atoms with Crippen LogP contribution in [-0.4, -0.2) is 35.3 Å². The number of benzene rings is 1. The van der Waals surface area contributed by atoms with Crippen LogP contribution in [0.3, 0.4) is 0 Å². The number of halogens is 1. The number of nitroso groups, excluding NO2 is 1. The van der Waals surface area contributed by atoms with Gasteiger partial charge in [-0.1, -0.05) is 56.5 Å². The summed E-state index contributed by atoms with van der Waals surface area (Å²) in [6.07, 6.45) is 8.23. The molecule has 31 heavy (non-hydrogen) atoms. The predicted octanol–water partition coefficient (Wildman–Crippen LogP) is 5.97. The maximum absolute atomic E-state index is 13.2. The molecule has 7 heteroatoms. The molecule has 1 heterocycles. The Kier molecular flexibility index (Phi) is 6.99. The molecule has 1 saturated carbocycles. The molecule has 3 rings (SSSR count). The summed E-state index contributed by atoms with van der Waals surface area (Å²) < 4.78 is 0. The van der Waals surface area contributed by atoms with Crippen LogP contribution in [0, 0.1) is 10.8 Å². The first-order valence-corrected chi connectivity index (χ1v) is 11.2. The molecule has 2 aliphatic rings. The third-order valence-corrected chi connectivity index (χ3v) is 6.95. The lowest BCUT2D eigenvalue weighted by atomic mass is 9.75. The Morgan fingerprint density at radius 1 is 1.35 bits per heavy atom. The Morgan fingerprint density at radius 2 is 2.03 bits per heavy atom. The lowest BCUT2D eigenvalue weighted by molar-refractivity contribution is -0.118. The zero-order chi connectivity index (χ0) is 22.8. The predicted molar refractivity (Wildman–Crippen MR) is 123 cm³/mol. The van der Waals surface area contributed by atoms with Crippen LogP contribution in [0.15, 0.2) is 47.8 Å². The normalized spacial score (nSPS) is 22.1. The van der Waals surface area contributed by atoms with Crippen LogP contribution in [0.5, 0.6) is 0 Å². The van der Waals surface area contributed by atoms with Gasteiger partial charge >= 0.3 is 6.03 Å². The van der Waals surface area contributed by atoms with Gasteiger partial charge in [0, 0.05) is 30.0 Å². The molecule has 166 valence electrons. The van der Waals surface area contributed by atoms with E-state index in [1.54, 1.807) is 24.2 Å².